The van der Waals surface area contributed by atoms with Crippen molar-refractivity contribution in [2.24, 2.45) is 0 Å². The first-order valence-electron chi connectivity index (χ1n) is 0.564. The number of nitriles is 1. The van der Waals surface area contributed by atoms with E-state index >= 15 is 0 Å². The molecule has 0 radical (unpaired) electrons. The fourth-order valence-corrected chi connectivity index (χ4v) is 0. The molecule has 6 heavy (non-hydrogen) atoms. The largest absolute Gasteiger partial charge is 1.00 e. The Balaban J connectivity index is -0.0000000450. The molecule has 0 rings (SSSR count). The average Bonchev–Trinajstić information content (AvgIpc) is 1.37. The van der Waals surface area contributed by atoms with Crippen LogP contribution in [0.5, 0.6) is 0 Å². The van der Waals surface area contributed by atoms with Gasteiger partial charge in [-0.05, 0) is 0 Å². The van der Waals surface area contributed by atoms with E-state index in [-0.39, 0.29) is 59.1 Å². The van der Waals surface area contributed by atoms with Gasteiger partial charge < -0.3 is 0 Å². The molecule has 0 aromatic rings. The summed E-state index contributed by atoms with van der Waals surface area (Å²) < 4.78 is 0. The quantitative estimate of drug-likeness (QED) is 0.263. The molecule has 0 heterocycles. The van der Waals surface area contributed by atoms with E-state index in [0.29, 0.717) is 0 Å². The van der Waals surface area contributed by atoms with Gasteiger partial charge >= 0.3 is 94.6 Å². The molecule has 0 aromatic heterocycles. The monoisotopic (exact) mass is 163 g/mol. The van der Waals surface area contributed by atoms with Crippen LogP contribution < -0.4 is 59.1 Å². The normalized spacial score (nSPS) is 3.50. The van der Waals surface area contributed by atoms with Crippen molar-refractivity contribution < 1.29 is 73.7 Å². The third kappa shape index (κ3) is 16.2. The fraction of sp³-hybridized carbons (Fsp3) is 0. The van der Waals surface area contributed by atoms with Crippen LogP contribution in [0, 0.1) is 10.7 Å². The summed E-state index contributed by atoms with van der Waals surface area (Å²) in [5.74, 6) is 0. The van der Waals surface area contributed by atoms with Crippen molar-refractivity contribution in [2.75, 3.05) is 0 Å². The van der Waals surface area contributed by atoms with Gasteiger partial charge in [0.1, 0.15) is 0 Å². The van der Waals surface area contributed by atoms with Gasteiger partial charge in [0.15, 0.2) is 0 Å². The van der Waals surface area contributed by atoms with Crippen LogP contribution in [-0.4, -0.2) is 0 Å². The SMILES string of the molecule is N#C[S][Co-2].[Na+].[Na+]. The molecule has 0 bridgehead atoms. The molecule has 0 aliphatic rings. The molecular formula is CCoNNa2S. The molecule has 0 amide bonds. The Morgan fingerprint density at radius 2 is 1.67 bits per heavy atom. The van der Waals surface area contributed by atoms with Crippen LogP contribution in [0.1, 0.15) is 0 Å². The molecule has 1 nitrogen and oxygen atoms in total. The number of hydrogen-bond acceptors (Lipinski definition) is 2. The second-order valence-electron chi connectivity index (χ2n) is 0.159. The van der Waals surface area contributed by atoms with Crippen molar-refractivity contribution in [2.45, 2.75) is 0 Å². The summed E-state index contributed by atoms with van der Waals surface area (Å²) in [6.07, 6.45) is 0. The second-order valence-corrected chi connectivity index (χ2v) is 1.12. The number of hydrogen-bond donors (Lipinski definition) is 0. The predicted molar refractivity (Wildman–Crippen MR) is 13.2 cm³/mol. The maximum Gasteiger partial charge on any atom is 1.00 e. The smallest absolute Gasteiger partial charge is 1.00 e. The molecular weight excluding hydrogens is 163 g/mol. The zero-order valence-electron chi connectivity index (χ0n) is 3.69. The zero-order valence-corrected chi connectivity index (χ0v) is 9.55. The summed E-state index contributed by atoms with van der Waals surface area (Å²) in [4.78, 5) is 0. The summed E-state index contributed by atoms with van der Waals surface area (Å²) in [6, 6.07) is 0. The molecule has 0 aliphatic carbocycles. The van der Waals surface area contributed by atoms with E-state index in [1.807, 2.05) is 0 Å². The van der Waals surface area contributed by atoms with Crippen molar-refractivity contribution in [3.63, 3.8) is 0 Å². The third-order valence-electron chi connectivity index (χ3n) is 0.0304. The van der Waals surface area contributed by atoms with Gasteiger partial charge in [-0.2, -0.15) is 0 Å². The summed E-state index contributed by atoms with van der Waals surface area (Å²) in [5, 5.41) is 9.22. The van der Waals surface area contributed by atoms with Crippen molar-refractivity contribution in [3.8, 4) is 5.40 Å². The molecule has 0 atom stereocenters. The van der Waals surface area contributed by atoms with Crippen molar-refractivity contribution >= 4 is 10.2 Å². The van der Waals surface area contributed by atoms with Crippen LogP contribution in [0.3, 0.4) is 0 Å². The Bertz CT molecular complexity index is 43.3. The van der Waals surface area contributed by atoms with E-state index in [0.717, 1.165) is 10.2 Å². The molecule has 5 heteroatoms. The minimum atomic E-state index is 0. The first-order chi connectivity index (χ1) is 1.91. The van der Waals surface area contributed by atoms with E-state index in [1.54, 1.807) is 5.40 Å². The van der Waals surface area contributed by atoms with Crippen LogP contribution in [0.15, 0.2) is 0 Å². The molecule has 0 spiro atoms. The molecule has 0 aromatic carbocycles. The van der Waals surface area contributed by atoms with Gasteiger partial charge in [0.05, 0.1) is 0 Å². The van der Waals surface area contributed by atoms with Gasteiger partial charge in [0.2, 0.25) is 0 Å². The van der Waals surface area contributed by atoms with Gasteiger partial charge in [-0.1, -0.05) is 0 Å². The molecule has 26 valence electrons. The molecule has 0 saturated carbocycles. The number of thiocyanates is 1. The van der Waals surface area contributed by atoms with Gasteiger partial charge in [-0.3, -0.25) is 0 Å². The number of nitrogens with zero attached hydrogens (tertiary/aromatic N) is 1. The Morgan fingerprint density at radius 1 is 1.50 bits per heavy atom. The topological polar surface area (TPSA) is 23.8 Å². The minimum Gasteiger partial charge on any atom is 1.00 e. The molecule has 0 fully saturated rings. The summed E-state index contributed by atoms with van der Waals surface area (Å²) in [5.41, 5.74) is 0. The molecule has 0 saturated heterocycles. The fourth-order valence-electron chi connectivity index (χ4n) is 0. The van der Waals surface area contributed by atoms with Gasteiger partial charge in [-0.25, -0.2) is 0 Å². The third-order valence-corrected chi connectivity index (χ3v) is 0.376. The van der Waals surface area contributed by atoms with E-state index in [4.69, 9.17) is 5.26 Å². The second kappa shape index (κ2) is 15.7. The molecule has 0 N–H and O–H groups in total. The maximum absolute atomic E-state index is 7.51. The minimum absolute atomic E-state index is 0. The first-order valence-corrected chi connectivity index (χ1v) is 2.52. The maximum atomic E-state index is 7.51. The Kier molecular flexibility index (Phi) is 41.1. The average molecular weight is 163 g/mol. The zero-order chi connectivity index (χ0) is 3.41. The molecule has 0 unspecified atom stereocenters. The van der Waals surface area contributed by atoms with Crippen LogP contribution in [0.25, 0.3) is 0 Å². The van der Waals surface area contributed by atoms with E-state index in [9.17, 15) is 0 Å². The van der Waals surface area contributed by atoms with Crippen molar-refractivity contribution in [1.29, 1.82) is 5.26 Å². The van der Waals surface area contributed by atoms with Gasteiger partial charge in [0, 0.05) is 0 Å². The summed E-state index contributed by atoms with van der Waals surface area (Å²) >= 11 is 3.52. The van der Waals surface area contributed by atoms with Crippen molar-refractivity contribution in [1.82, 2.24) is 0 Å². The predicted octanol–water partition coefficient (Wildman–Crippen LogP) is -5.33. The Morgan fingerprint density at radius 3 is 1.67 bits per heavy atom. The Hall–Kier alpha value is 2.35. The number of rotatable bonds is 0. The van der Waals surface area contributed by atoms with Gasteiger partial charge in [-0.15, -0.1) is 0 Å². The Labute approximate surface area is 92.9 Å². The first kappa shape index (κ1) is 15.8. The van der Waals surface area contributed by atoms with Crippen molar-refractivity contribution in [3.05, 3.63) is 0 Å². The summed E-state index contributed by atoms with van der Waals surface area (Å²) in [7, 11) is 0.850. The standard InChI is InChI=1S/CHNS.Co.2Na/c2-1-3;;;/h3H;;;/q;-1;2*+1/p-1. The van der Waals surface area contributed by atoms with Crippen LogP contribution in [0.2, 0.25) is 0 Å². The van der Waals surface area contributed by atoms with E-state index < -0.39 is 0 Å². The molecule has 0 aliphatic heterocycles. The van der Waals surface area contributed by atoms with Crippen LogP contribution in [-0.2, 0) is 14.6 Å². The summed E-state index contributed by atoms with van der Waals surface area (Å²) in [6.45, 7) is 0. The van der Waals surface area contributed by atoms with E-state index in [2.05, 4.69) is 14.6 Å². The van der Waals surface area contributed by atoms with Gasteiger partial charge in [0.25, 0.3) is 0 Å². The van der Waals surface area contributed by atoms with E-state index in [1.165, 1.54) is 0 Å². The van der Waals surface area contributed by atoms with Crippen LogP contribution >= 0.6 is 10.2 Å². The van der Waals surface area contributed by atoms with Crippen LogP contribution in [0.4, 0.5) is 0 Å².